The van der Waals surface area contributed by atoms with E-state index in [2.05, 4.69) is 9.73 Å². The summed E-state index contributed by atoms with van der Waals surface area (Å²) in [7, 11) is 2.76. The largest absolute Gasteiger partial charge is 0.497 e. The van der Waals surface area contributed by atoms with Crippen LogP contribution in [0, 0.1) is 0 Å². The third kappa shape index (κ3) is 4.12. The minimum Gasteiger partial charge on any atom is -0.497 e. The van der Waals surface area contributed by atoms with Gasteiger partial charge in [0.15, 0.2) is 5.17 Å². The van der Waals surface area contributed by atoms with Crippen molar-refractivity contribution in [3.05, 3.63) is 71.1 Å². The molecular formula is C20H16N2O5S. The van der Waals surface area contributed by atoms with Gasteiger partial charge in [-0.15, -0.1) is 0 Å². The number of thioether (sulfide) groups is 1. The zero-order valence-corrected chi connectivity index (χ0v) is 15.9. The van der Waals surface area contributed by atoms with Crippen LogP contribution in [-0.4, -0.2) is 37.2 Å². The van der Waals surface area contributed by atoms with Gasteiger partial charge in [0.2, 0.25) is 0 Å². The Kier molecular flexibility index (Phi) is 5.90. The van der Waals surface area contributed by atoms with Crippen LogP contribution in [-0.2, 0) is 14.3 Å². The van der Waals surface area contributed by atoms with E-state index in [1.807, 2.05) is 6.07 Å². The molecule has 1 aliphatic rings. The first kappa shape index (κ1) is 19.4. The van der Waals surface area contributed by atoms with Crippen molar-refractivity contribution in [2.45, 2.75) is 0 Å². The second-order valence-electron chi connectivity index (χ2n) is 5.54. The first-order valence-corrected chi connectivity index (χ1v) is 8.99. The van der Waals surface area contributed by atoms with E-state index in [0.29, 0.717) is 17.0 Å². The average Bonchev–Trinajstić information content (AvgIpc) is 3.03. The molecule has 1 aliphatic heterocycles. The van der Waals surface area contributed by atoms with Crippen molar-refractivity contribution < 1.29 is 23.9 Å². The fourth-order valence-corrected chi connectivity index (χ4v) is 3.34. The minimum atomic E-state index is -0.661. The number of para-hydroxylation sites is 1. The molecule has 1 saturated heterocycles. The normalized spacial score (nSPS) is 16.5. The Bertz CT molecular complexity index is 968. The fraction of sp³-hybridized carbons (Fsp3) is 0.100. The van der Waals surface area contributed by atoms with Crippen molar-refractivity contribution >= 4 is 40.4 Å². The molecule has 0 saturated carbocycles. The molecule has 2 aromatic carbocycles. The average molecular weight is 396 g/mol. The van der Waals surface area contributed by atoms with Crippen molar-refractivity contribution in [3.63, 3.8) is 0 Å². The number of benzene rings is 2. The summed E-state index contributed by atoms with van der Waals surface area (Å²) in [5.74, 6) is -1.02. The van der Waals surface area contributed by atoms with Crippen molar-refractivity contribution in [1.82, 2.24) is 0 Å². The van der Waals surface area contributed by atoms with Crippen LogP contribution in [0.2, 0.25) is 0 Å². The van der Waals surface area contributed by atoms with E-state index in [1.165, 1.54) is 19.1 Å². The van der Waals surface area contributed by atoms with Gasteiger partial charge in [0.05, 0.1) is 24.8 Å². The van der Waals surface area contributed by atoms with Crippen molar-refractivity contribution in [2.24, 2.45) is 4.99 Å². The fourth-order valence-electron chi connectivity index (χ4n) is 2.40. The molecule has 0 radical (unpaired) electrons. The highest BCUT2D eigenvalue weighted by molar-refractivity contribution is 8.19. The molecule has 7 nitrogen and oxygen atoms in total. The number of amidine groups is 1. The molecule has 0 aliphatic carbocycles. The lowest BCUT2D eigenvalue weighted by Gasteiger charge is -2.15. The maximum atomic E-state index is 12.8. The number of rotatable bonds is 4. The smallest absolute Gasteiger partial charge is 0.331 e. The van der Waals surface area contributed by atoms with Crippen LogP contribution in [0.5, 0.6) is 5.75 Å². The number of carbonyl (C=O) groups excluding carboxylic acids is 3. The van der Waals surface area contributed by atoms with Crippen LogP contribution in [0.3, 0.4) is 0 Å². The summed E-state index contributed by atoms with van der Waals surface area (Å²) in [5.41, 5.74) is 0.884. The Morgan fingerprint density at radius 1 is 1.04 bits per heavy atom. The van der Waals surface area contributed by atoms with Crippen LogP contribution >= 0.6 is 11.8 Å². The standard InChI is InChI=1S/C20H16N2O5S/c1-26-15-10-8-13(9-11-15)18(24)21-20-22(14-6-4-3-5-7-14)19(25)16(28-20)12-17(23)27-2/h3-12H,1-2H3/b16-12-,21-20?. The van der Waals surface area contributed by atoms with E-state index in [1.54, 1.807) is 48.5 Å². The third-order valence-corrected chi connectivity index (χ3v) is 4.77. The number of amides is 2. The SMILES string of the molecule is COC(=O)/C=C1\SC(=NC(=O)c2ccc(OC)cc2)N(c2ccccc2)C1=O. The molecule has 2 aromatic rings. The van der Waals surface area contributed by atoms with Gasteiger partial charge in [-0.3, -0.25) is 14.5 Å². The first-order valence-electron chi connectivity index (χ1n) is 8.17. The van der Waals surface area contributed by atoms with Crippen LogP contribution in [0.1, 0.15) is 10.4 Å². The number of hydrogen-bond donors (Lipinski definition) is 0. The van der Waals surface area contributed by atoms with Gasteiger partial charge in [-0.25, -0.2) is 4.79 Å². The molecule has 142 valence electrons. The van der Waals surface area contributed by atoms with Crippen LogP contribution in [0.15, 0.2) is 70.6 Å². The van der Waals surface area contributed by atoms with Crippen molar-refractivity contribution in [2.75, 3.05) is 19.1 Å². The van der Waals surface area contributed by atoms with E-state index in [0.717, 1.165) is 17.8 Å². The number of hydrogen-bond acceptors (Lipinski definition) is 6. The summed E-state index contributed by atoms with van der Waals surface area (Å²) in [5, 5.41) is 0.159. The second kappa shape index (κ2) is 8.53. The van der Waals surface area contributed by atoms with E-state index in [-0.39, 0.29) is 10.1 Å². The molecule has 0 unspecified atom stereocenters. The third-order valence-electron chi connectivity index (χ3n) is 3.81. The zero-order valence-electron chi connectivity index (χ0n) is 15.1. The van der Waals surface area contributed by atoms with E-state index < -0.39 is 17.8 Å². The molecule has 0 bridgehead atoms. The second-order valence-corrected chi connectivity index (χ2v) is 6.55. The molecule has 8 heteroatoms. The van der Waals surface area contributed by atoms with Gasteiger partial charge in [-0.05, 0) is 48.2 Å². The summed E-state index contributed by atoms with van der Waals surface area (Å²) in [4.78, 5) is 42.5. The molecule has 0 atom stereocenters. The van der Waals surface area contributed by atoms with Crippen molar-refractivity contribution in [1.29, 1.82) is 0 Å². The lowest BCUT2D eigenvalue weighted by atomic mass is 10.2. The van der Waals surface area contributed by atoms with Gasteiger partial charge in [0, 0.05) is 11.6 Å². The molecule has 1 heterocycles. The highest BCUT2D eigenvalue weighted by Gasteiger charge is 2.36. The number of aliphatic imine (C=N–C) groups is 1. The minimum absolute atomic E-state index is 0.122. The molecular weight excluding hydrogens is 380 g/mol. The molecule has 3 rings (SSSR count). The topological polar surface area (TPSA) is 85.3 Å². The van der Waals surface area contributed by atoms with Gasteiger partial charge >= 0.3 is 5.97 Å². The van der Waals surface area contributed by atoms with Gasteiger partial charge in [-0.1, -0.05) is 18.2 Å². The molecule has 1 fully saturated rings. The molecule has 2 amide bonds. The number of carbonyl (C=O) groups is 3. The van der Waals surface area contributed by atoms with Crippen LogP contribution < -0.4 is 9.64 Å². The van der Waals surface area contributed by atoms with Crippen LogP contribution in [0.25, 0.3) is 0 Å². The summed E-state index contributed by atoms with van der Waals surface area (Å²) in [6.07, 6.45) is 1.09. The Morgan fingerprint density at radius 3 is 2.32 bits per heavy atom. The molecule has 0 aromatic heterocycles. The van der Waals surface area contributed by atoms with Gasteiger partial charge in [0.1, 0.15) is 5.75 Å². The predicted octanol–water partition coefficient (Wildman–Crippen LogP) is 3.03. The van der Waals surface area contributed by atoms with Crippen molar-refractivity contribution in [3.8, 4) is 5.75 Å². The van der Waals surface area contributed by atoms with Crippen LogP contribution in [0.4, 0.5) is 5.69 Å². The summed E-state index contributed by atoms with van der Waals surface area (Å²) in [6, 6.07) is 15.2. The zero-order chi connectivity index (χ0) is 20.1. The monoisotopic (exact) mass is 396 g/mol. The maximum absolute atomic E-state index is 12.8. The van der Waals surface area contributed by atoms with E-state index >= 15 is 0 Å². The molecule has 28 heavy (non-hydrogen) atoms. The number of esters is 1. The summed E-state index contributed by atoms with van der Waals surface area (Å²) < 4.78 is 9.67. The molecule has 0 spiro atoms. The number of methoxy groups -OCH3 is 2. The number of ether oxygens (including phenoxy) is 2. The van der Waals surface area contributed by atoms with E-state index in [4.69, 9.17) is 4.74 Å². The lowest BCUT2D eigenvalue weighted by Crippen LogP contribution is -2.29. The number of nitrogens with zero attached hydrogens (tertiary/aromatic N) is 2. The van der Waals surface area contributed by atoms with Gasteiger partial charge < -0.3 is 9.47 Å². The van der Waals surface area contributed by atoms with Gasteiger partial charge in [-0.2, -0.15) is 4.99 Å². The lowest BCUT2D eigenvalue weighted by molar-refractivity contribution is -0.135. The quantitative estimate of drug-likeness (QED) is 0.583. The predicted molar refractivity (Wildman–Crippen MR) is 106 cm³/mol. The molecule has 0 N–H and O–H groups in total. The Morgan fingerprint density at radius 2 is 1.71 bits per heavy atom. The highest BCUT2D eigenvalue weighted by atomic mass is 32.2. The number of anilines is 1. The first-order chi connectivity index (χ1) is 13.5. The Hall–Kier alpha value is -3.39. The van der Waals surface area contributed by atoms with Gasteiger partial charge in [0.25, 0.3) is 11.8 Å². The Balaban J connectivity index is 1.98. The highest BCUT2D eigenvalue weighted by Crippen LogP contribution is 2.35. The summed E-state index contributed by atoms with van der Waals surface area (Å²) in [6.45, 7) is 0. The maximum Gasteiger partial charge on any atom is 0.331 e. The Labute approximate surface area is 165 Å². The van der Waals surface area contributed by atoms with E-state index in [9.17, 15) is 14.4 Å². The summed E-state index contributed by atoms with van der Waals surface area (Å²) >= 11 is 0.937.